The van der Waals surface area contributed by atoms with Gasteiger partial charge in [0.15, 0.2) is 12.1 Å². The molecule has 2 aromatic carbocycles. The first kappa shape index (κ1) is 22.1. The quantitative estimate of drug-likeness (QED) is 0.785. The normalized spacial score (nSPS) is 19.0. The van der Waals surface area contributed by atoms with E-state index in [-0.39, 0.29) is 0 Å². The van der Waals surface area contributed by atoms with Gasteiger partial charge in [-0.05, 0) is 45.4 Å². The first-order valence-electron chi connectivity index (χ1n) is 10.00. The predicted octanol–water partition coefficient (Wildman–Crippen LogP) is 2.98. The number of amides is 3. The standard InChI is InChI=1S/C23H26N3O5/c1-14(24-22(29)31-23(2,3)4)20(27)26-18-19(15-10-6-5-7-11-15)30-17-13-9-8-12-16(17)25-21(18)28/h5-14,18-19H,1-4H3,(H,24,29)(H,26,27)/t14-,18-,19+/m0/s1. The van der Waals surface area contributed by atoms with E-state index in [4.69, 9.17) is 9.47 Å². The summed E-state index contributed by atoms with van der Waals surface area (Å²) in [5.74, 6) is -0.659. The Morgan fingerprint density at radius 2 is 1.71 bits per heavy atom. The van der Waals surface area contributed by atoms with Crippen molar-refractivity contribution in [1.82, 2.24) is 16.0 Å². The minimum atomic E-state index is -1.08. The van der Waals surface area contributed by atoms with Crippen LogP contribution in [0.4, 0.5) is 10.5 Å². The number of fused-ring (bicyclic) bond motifs is 1. The molecule has 163 valence electrons. The van der Waals surface area contributed by atoms with Crippen LogP contribution in [0.5, 0.6) is 5.75 Å². The molecule has 3 atom stereocenters. The fraction of sp³-hybridized carbons (Fsp3) is 0.348. The van der Waals surface area contributed by atoms with Crippen molar-refractivity contribution in [2.75, 3.05) is 0 Å². The van der Waals surface area contributed by atoms with Gasteiger partial charge >= 0.3 is 6.09 Å². The van der Waals surface area contributed by atoms with Crippen LogP contribution in [-0.2, 0) is 14.3 Å². The van der Waals surface area contributed by atoms with E-state index in [1.165, 1.54) is 6.92 Å². The summed E-state index contributed by atoms with van der Waals surface area (Å²) in [6.07, 6.45) is -1.52. The van der Waals surface area contributed by atoms with Crippen molar-refractivity contribution in [2.24, 2.45) is 0 Å². The van der Waals surface area contributed by atoms with E-state index in [9.17, 15) is 14.4 Å². The van der Waals surface area contributed by atoms with Crippen LogP contribution in [0.2, 0.25) is 0 Å². The summed E-state index contributed by atoms with van der Waals surface area (Å²) in [5, 5.41) is 9.28. The summed E-state index contributed by atoms with van der Waals surface area (Å²) >= 11 is 0. The van der Waals surface area contributed by atoms with E-state index in [0.717, 1.165) is 0 Å². The number of ether oxygens (including phenoxy) is 2. The van der Waals surface area contributed by atoms with Gasteiger partial charge in [-0.25, -0.2) is 10.1 Å². The summed E-state index contributed by atoms with van der Waals surface area (Å²) in [4.78, 5) is 37.7. The van der Waals surface area contributed by atoms with E-state index in [0.29, 0.717) is 17.0 Å². The molecule has 3 amide bonds. The van der Waals surface area contributed by atoms with Gasteiger partial charge in [0.2, 0.25) is 5.91 Å². The van der Waals surface area contributed by atoms with Crippen molar-refractivity contribution in [1.29, 1.82) is 0 Å². The van der Waals surface area contributed by atoms with Gasteiger partial charge in [0.05, 0.1) is 0 Å². The van der Waals surface area contributed by atoms with Crippen LogP contribution < -0.4 is 20.7 Å². The van der Waals surface area contributed by atoms with Crippen LogP contribution in [0.15, 0.2) is 54.6 Å². The topological polar surface area (TPSA) is 108 Å². The Morgan fingerprint density at radius 1 is 1.06 bits per heavy atom. The van der Waals surface area contributed by atoms with E-state index in [1.807, 2.05) is 30.3 Å². The number of hydrogen-bond donors (Lipinski definition) is 2. The Morgan fingerprint density at radius 3 is 2.39 bits per heavy atom. The molecule has 1 radical (unpaired) electrons. The van der Waals surface area contributed by atoms with Gasteiger partial charge in [-0.1, -0.05) is 42.5 Å². The summed E-state index contributed by atoms with van der Waals surface area (Å²) in [7, 11) is 0. The second kappa shape index (κ2) is 9.07. The van der Waals surface area contributed by atoms with Crippen molar-refractivity contribution in [3.63, 3.8) is 0 Å². The smallest absolute Gasteiger partial charge is 0.408 e. The lowest BCUT2D eigenvalue weighted by molar-refractivity contribution is -0.131. The van der Waals surface area contributed by atoms with Gasteiger partial charge in [0.1, 0.15) is 23.1 Å². The second-order valence-electron chi connectivity index (χ2n) is 8.22. The van der Waals surface area contributed by atoms with Crippen molar-refractivity contribution in [3.05, 3.63) is 60.2 Å². The molecular formula is C23H26N3O5. The molecule has 1 aliphatic rings. The fourth-order valence-corrected chi connectivity index (χ4v) is 3.04. The maximum Gasteiger partial charge on any atom is 0.408 e. The summed E-state index contributed by atoms with van der Waals surface area (Å²) < 4.78 is 11.3. The lowest BCUT2D eigenvalue weighted by Crippen LogP contribution is -2.54. The van der Waals surface area contributed by atoms with Gasteiger partial charge in [-0.15, -0.1) is 0 Å². The first-order chi connectivity index (χ1) is 14.6. The summed E-state index contributed by atoms with van der Waals surface area (Å²) in [6, 6.07) is 14.0. The molecule has 0 aliphatic carbocycles. The van der Waals surface area contributed by atoms with Crippen molar-refractivity contribution in [3.8, 4) is 5.75 Å². The molecule has 0 saturated carbocycles. The lowest BCUT2D eigenvalue weighted by atomic mass is 10.0. The molecule has 2 aromatic rings. The number of nitrogens with one attached hydrogen (secondary N) is 2. The highest BCUT2D eigenvalue weighted by Crippen LogP contribution is 2.34. The molecule has 1 aliphatic heterocycles. The van der Waals surface area contributed by atoms with Crippen LogP contribution >= 0.6 is 0 Å². The third-order valence-electron chi connectivity index (χ3n) is 4.47. The molecule has 0 spiro atoms. The molecule has 8 nitrogen and oxygen atoms in total. The molecule has 1 heterocycles. The molecule has 0 unspecified atom stereocenters. The molecule has 0 bridgehead atoms. The molecule has 0 saturated heterocycles. The largest absolute Gasteiger partial charge is 0.481 e. The monoisotopic (exact) mass is 424 g/mol. The minimum absolute atomic E-state index is 0.394. The van der Waals surface area contributed by atoms with Gasteiger partial charge < -0.3 is 20.1 Å². The zero-order valence-corrected chi connectivity index (χ0v) is 17.9. The van der Waals surface area contributed by atoms with Gasteiger partial charge in [-0.2, -0.15) is 0 Å². The number of alkyl carbamates (subject to hydrolysis) is 1. The van der Waals surface area contributed by atoms with E-state index in [1.54, 1.807) is 45.0 Å². The Kier molecular flexibility index (Phi) is 6.48. The van der Waals surface area contributed by atoms with Crippen LogP contribution in [0.1, 0.15) is 39.4 Å². The Bertz CT molecular complexity index is 955. The number of carbonyl (C=O) groups is 3. The number of benzene rings is 2. The Hall–Kier alpha value is -3.55. The van der Waals surface area contributed by atoms with E-state index in [2.05, 4.69) is 16.0 Å². The third kappa shape index (κ3) is 5.75. The van der Waals surface area contributed by atoms with E-state index >= 15 is 0 Å². The maximum absolute atomic E-state index is 13.0. The highest BCUT2D eigenvalue weighted by Gasteiger charge is 2.38. The van der Waals surface area contributed by atoms with Crippen LogP contribution in [0.25, 0.3) is 0 Å². The van der Waals surface area contributed by atoms with Gasteiger partial charge in [0.25, 0.3) is 5.91 Å². The van der Waals surface area contributed by atoms with Gasteiger partial charge in [-0.3, -0.25) is 9.59 Å². The van der Waals surface area contributed by atoms with Crippen molar-refractivity contribution in [2.45, 2.75) is 51.5 Å². The SMILES string of the molecule is C[C@H](NC(=O)OC(C)(C)C)C(=O)N[C@@H]1C(=O)[N]c2ccccc2O[C@@H]1c1ccccc1. The average Bonchev–Trinajstić information content (AvgIpc) is 2.83. The lowest BCUT2D eigenvalue weighted by Gasteiger charge is -2.27. The number of rotatable bonds is 4. The average molecular weight is 424 g/mol. The summed E-state index contributed by atoms with van der Waals surface area (Å²) in [6.45, 7) is 6.68. The number of nitrogens with zero attached hydrogens (tertiary/aromatic N) is 1. The number of para-hydroxylation sites is 2. The number of hydrogen-bond acceptors (Lipinski definition) is 5. The third-order valence-corrected chi connectivity index (χ3v) is 4.47. The molecule has 3 rings (SSSR count). The van der Waals surface area contributed by atoms with Crippen LogP contribution in [0.3, 0.4) is 0 Å². The van der Waals surface area contributed by atoms with E-state index < -0.39 is 41.7 Å². The summed E-state index contributed by atoms with van der Waals surface area (Å²) in [5.41, 5.74) is 0.403. The maximum atomic E-state index is 13.0. The predicted molar refractivity (Wildman–Crippen MR) is 114 cm³/mol. The van der Waals surface area contributed by atoms with Crippen LogP contribution in [0, 0.1) is 0 Å². The van der Waals surface area contributed by atoms with Crippen molar-refractivity contribution >= 4 is 23.6 Å². The van der Waals surface area contributed by atoms with Crippen LogP contribution in [-0.4, -0.2) is 35.6 Å². The highest BCUT2D eigenvalue weighted by atomic mass is 16.6. The molecule has 2 N–H and O–H groups in total. The highest BCUT2D eigenvalue weighted by molar-refractivity contribution is 5.94. The zero-order chi connectivity index (χ0) is 22.6. The minimum Gasteiger partial charge on any atom is -0.481 e. The molecular weight excluding hydrogens is 398 g/mol. The van der Waals surface area contributed by atoms with Crippen molar-refractivity contribution < 1.29 is 23.9 Å². The number of carbonyl (C=O) groups excluding carboxylic acids is 3. The Labute approximate surface area is 181 Å². The Balaban J connectivity index is 1.81. The fourth-order valence-electron chi connectivity index (χ4n) is 3.04. The first-order valence-corrected chi connectivity index (χ1v) is 10.00. The molecule has 0 fully saturated rings. The van der Waals surface area contributed by atoms with Gasteiger partial charge in [0, 0.05) is 0 Å². The molecule has 31 heavy (non-hydrogen) atoms. The molecule has 0 aromatic heterocycles. The zero-order valence-electron chi connectivity index (χ0n) is 17.9. The second-order valence-corrected chi connectivity index (χ2v) is 8.22. The molecule has 8 heteroatoms.